The van der Waals surface area contributed by atoms with E-state index in [-0.39, 0.29) is 0 Å². The normalized spacial score (nSPS) is 11.0. The van der Waals surface area contributed by atoms with Gasteiger partial charge in [0.1, 0.15) is 17.1 Å². The molecular formula is C24H15NO6. The summed E-state index contributed by atoms with van der Waals surface area (Å²) < 4.78 is 22.2. The number of carbonyl (C=O) groups is 1. The third-order valence-electron chi connectivity index (χ3n) is 4.83. The van der Waals surface area contributed by atoms with Crippen LogP contribution in [0.15, 0.2) is 86.7 Å². The summed E-state index contributed by atoms with van der Waals surface area (Å²) >= 11 is 0. The van der Waals surface area contributed by atoms with E-state index in [1.54, 1.807) is 43.5 Å². The monoisotopic (exact) mass is 413 g/mol. The predicted molar refractivity (Wildman–Crippen MR) is 113 cm³/mol. The third kappa shape index (κ3) is 3.42. The summed E-state index contributed by atoms with van der Waals surface area (Å²) in [6.07, 6.45) is 3.03. The van der Waals surface area contributed by atoms with E-state index in [4.69, 9.17) is 18.3 Å². The van der Waals surface area contributed by atoms with Crippen LogP contribution in [0.4, 0.5) is 0 Å². The SMILES string of the molecule is COc1cccc2cc(-c3cc(=O)oc4ccc(OC(=O)c5ccncc5)cc34)oc12. The van der Waals surface area contributed by atoms with Crippen LogP contribution >= 0.6 is 0 Å². The zero-order valence-corrected chi connectivity index (χ0v) is 16.3. The number of benzene rings is 2. The van der Waals surface area contributed by atoms with Crippen LogP contribution in [0, 0.1) is 0 Å². The molecule has 0 saturated heterocycles. The van der Waals surface area contributed by atoms with Crippen LogP contribution in [0.25, 0.3) is 33.3 Å². The number of ether oxygens (including phenoxy) is 2. The Labute approximate surface area is 175 Å². The fourth-order valence-corrected chi connectivity index (χ4v) is 3.39. The molecule has 2 aromatic carbocycles. The minimum absolute atomic E-state index is 0.304. The van der Waals surface area contributed by atoms with E-state index in [2.05, 4.69) is 4.98 Å². The zero-order valence-electron chi connectivity index (χ0n) is 16.3. The molecule has 5 aromatic rings. The molecule has 3 aromatic heterocycles. The number of nitrogens with zero attached hydrogens (tertiary/aromatic N) is 1. The van der Waals surface area contributed by atoms with Crippen LogP contribution in [-0.4, -0.2) is 18.1 Å². The molecule has 0 aliphatic carbocycles. The van der Waals surface area contributed by atoms with Crippen LogP contribution in [0.2, 0.25) is 0 Å². The lowest BCUT2D eigenvalue weighted by atomic mass is 10.1. The maximum absolute atomic E-state index is 12.4. The van der Waals surface area contributed by atoms with Gasteiger partial charge < -0.3 is 18.3 Å². The van der Waals surface area contributed by atoms with Gasteiger partial charge in [0, 0.05) is 34.8 Å². The number of carbonyl (C=O) groups excluding carboxylic acids is 1. The summed E-state index contributed by atoms with van der Waals surface area (Å²) in [5.41, 5.74) is 1.29. The first-order chi connectivity index (χ1) is 15.1. The topological polar surface area (TPSA) is 91.8 Å². The van der Waals surface area contributed by atoms with Gasteiger partial charge in [-0.15, -0.1) is 0 Å². The maximum atomic E-state index is 12.4. The molecule has 3 heterocycles. The highest BCUT2D eigenvalue weighted by atomic mass is 16.5. The van der Waals surface area contributed by atoms with E-state index in [1.165, 1.54) is 18.5 Å². The van der Waals surface area contributed by atoms with Gasteiger partial charge in [-0.2, -0.15) is 0 Å². The Morgan fingerprint density at radius 3 is 2.61 bits per heavy atom. The first-order valence-electron chi connectivity index (χ1n) is 9.39. The predicted octanol–water partition coefficient (Wildman–Crippen LogP) is 4.83. The summed E-state index contributed by atoms with van der Waals surface area (Å²) in [7, 11) is 1.56. The van der Waals surface area contributed by atoms with E-state index in [1.807, 2.05) is 18.2 Å². The molecule has 0 aliphatic rings. The van der Waals surface area contributed by atoms with Crippen LogP contribution in [0.5, 0.6) is 11.5 Å². The lowest BCUT2D eigenvalue weighted by Crippen LogP contribution is -2.08. The van der Waals surface area contributed by atoms with Crippen molar-refractivity contribution < 1.29 is 23.1 Å². The highest BCUT2D eigenvalue weighted by Gasteiger charge is 2.16. The summed E-state index contributed by atoms with van der Waals surface area (Å²) in [5.74, 6) is 0.838. The lowest BCUT2D eigenvalue weighted by Gasteiger charge is -2.07. The van der Waals surface area contributed by atoms with Crippen LogP contribution in [-0.2, 0) is 0 Å². The molecule has 0 bridgehead atoms. The van der Waals surface area contributed by atoms with Crippen molar-refractivity contribution >= 4 is 27.9 Å². The van der Waals surface area contributed by atoms with E-state index < -0.39 is 11.6 Å². The molecule has 0 N–H and O–H groups in total. The number of fused-ring (bicyclic) bond motifs is 2. The van der Waals surface area contributed by atoms with Crippen molar-refractivity contribution in [1.29, 1.82) is 0 Å². The highest BCUT2D eigenvalue weighted by Crippen LogP contribution is 2.36. The fourth-order valence-electron chi connectivity index (χ4n) is 3.39. The summed E-state index contributed by atoms with van der Waals surface area (Å²) in [5, 5.41) is 1.40. The van der Waals surface area contributed by atoms with Crippen LogP contribution in [0.3, 0.4) is 0 Å². The maximum Gasteiger partial charge on any atom is 0.343 e. The Bertz CT molecular complexity index is 1480. The van der Waals surface area contributed by atoms with Gasteiger partial charge in [-0.25, -0.2) is 9.59 Å². The number of esters is 1. The highest BCUT2D eigenvalue weighted by molar-refractivity contribution is 5.97. The van der Waals surface area contributed by atoms with Crippen molar-refractivity contribution in [1.82, 2.24) is 4.98 Å². The zero-order chi connectivity index (χ0) is 21.4. The molecule has 31 heavy (non-hydrogen) atoms. The molecule has 0 unspecified atom stereocenters. The smallest absolute Gasteiger partial charge is 0.343 e. The van der Waals surface area contributed by atoms with Crippen LogP contribution in [0.1, 0.15) is 10.4 Å². The minimum atomic E-state index is -0.519. The second kappa shape index (κ2) is 7.46. The van der Waals surface area contributed by atoms with E-state index >= 15 is 0 Å². The molecule has 5 rings (SSSR count). The van der Waals surface area contributed by atoms with Crippen molar-refractivity contribution in [2.24, 2.45) is 0 Å². The molecule has 0 atom stereocenters. The van der Waals surface area contributed by atoms with Crippen molar-refractivity contribution in [3.8, 4) is 22.8 Å². The minimum Gasteiger partial charge on any atom is -0.493 e. The molecule has 0 aliphatic heterocycles. The van der Waals surface area contributed by atoms with Gasteiger partial charge >= 0.3 is 11.6 Å². The Morgan fingerprint density at radius 1 is 0.968 bits per heavy atom. The van der Waals surface area contributed by atoms with E-state index in [0.717, 1.165) is 5.39 Å². The number of hydrogen-bond donors (Lipinski definition) is 0. The molecule has 0 radical (unpaired) electrons. The number of pyridine rings is 1. The molecule has 0 amide bonds. The van der Waals surface area contributed by atoms with E-state index in [0.29, 0.717) is 44.9 Å². The van der Waals surface area contributed by atoms with Gasteiger partial charge in [0.15, 0.2) is 11.3 Å². The Balaban J connectivity index is 1.62. The van der Waals surface area contributed by atoms with Gasteiger partial charge in [-0.1, -0.05) is 12.1 Å². The first-order valence-corrected chi connectivity index (χ1v) is 9.39. The number of rotatable bonds is 4. The largest absolute Gasteiger partial charge is 0.493 e. The number of aromatic nitrogens is 1. The molecule has 7 nitrogen and oxygen atoms in total. The third-order valence-corrected chi connectivity index (χ3v) is 4.83. The second-order valence-electron chi connectivity index (χ2n) is 6.75. The number of methoxy groups -OCH3 is 1. The molecule has 0 fully saturated rings. The first kappa shape index (κ1) is 18.6. The number of para-hydroxylation sites is 1. The van der Waals surface area contributed by atoms with Gasteiger partial charge in [0.25, 0.3) is 0 Å². The molecule has 0 saturated carbocycles. The molecule has 7 heteroatoms. The average molecular weight is 413 g/mol. The number of furan rings is 1. The molecular weight excluding hydrogens is 398 g/mol. The van der Waals surface area contributed by atoms with Crippen molar-refractivity contribution in [3.05, 3.63) is 89.0 Å². The van der Waals surface area contributed by atoms with E-state index in [9.17, 15) is 9.59 Å². The van der Waals surface area contributed by atoms with Crippen LogP contribution < -0.4 is 15.1 Å². The van der Waals surface area contributed by atoms with Crippen molar-refractivity contribution in [2.75, 3.05) is 7.11 Å². The second-order valence-corrected chi connectivity index (χ2v) is 6.75. The standard InChI is InChI=1S/C24H15NO6/c1-28-20-4-2-3-15-11-21(31-23(15)20)18-13-22(26)30-19-6-5-16(12-17(18)19)29-24(27)14-7-9-25-10-8-14/h2-13H,1H3. The average Bonchev–Trinajstić information content (AvgIpc) is 3.23. The molecule has 152 valence electrons. The van der Waals surface area contributed by atoms with Crippen molar-refractivity contribution in [2.45, 2.75) is 0 Å². The van der Waals surface area contributed by atoms with Gasteiger partial charge in [-0.3, -0.25) is 4.98 Å². The lowest BCUT2D eigenvalue weighted by molar-refractivity contribution is 0.0735. The summed E-state index contributed by atoms with van der Waals surface area (Å²) in [6, 6.07) is 16.6. The summed E-state index contributed by atoms with van der Waals surface area (Å²) in [4.78, 5) is 28.4. The Hall–Kier alpha value is -4.39. The number of hydrogen-bond acceptors (Lipinski definition) is 7. The van der Waals surface area contributed by atoms with Gasteiger partial charge in [-0.05, 0) is 42.5 Å². The van der Waals surface area contributed by atoms with Gasteiger partial charge in [0.05, 0.1) is 12.7 Å². The molecule has 0 spiro atoms. The Morgan fingerprint density at radius 2 is 1.81 bits per heavy atom. The van der Waals surface area contributed by atoms with Gasteiger partial charge in [0.2, 0.25) is 0 Å². The summed E-state index contributed by atoms with van der Waals surface area (Å²) in [6.45, 7) is 0. The fraction of sp³-hybridized carbons (Fsp3) is 0.0417. The van der Waals surface area contributed by atoms with Crippen molar-refractivity contribution in [3.63, 3.8) is 0 Å². The quantitative estimate of drug-likeness (QED) is 0.237. The Kier molecular flexibility index (Phi) is 4.48.